The van der Waals surface area contributed by atoms with Crippen molar-refractivity contribution in [2.24, 2.45) is 14.1 Å². The fraction of sp³-hybridized carbons (Fsp3) is 0.412. The maximum Gasteiger partial charge on any atom is 0.332 e. The molecule has 3 aromatic rings. The molecule has 0 radical (unpaired) electrons. The number of rotatable bonds is 3. The van der Waals surface area contributed by atoms with E-state index in [1.165, 1.54) is 9.13 Å². The zero-order valence-corrected chi connectivity index (χ0v) is 15.4. The van der Waals surface area contributed by atoms with E-state index in [0.29, 0.717) is 17.1 Å². The molecule has 0 spiro atoms. The Balaban J connectivity index is 2.39. The van der Waals surface area contributed by atoms with Gasteiger partial charge in [0.05, 0.1) is 5.69 Å². The van der Waals surface area contributed by atoms with Crippen molar-refractivity contribution in [3.63, 3.8) is 0 Å². The van der Waals surface area contributed by atoms with E-state index in [4.69, 9.17) is 0 Å². The van der Waals surface area contributed by atoms with E-state index >= 15 is 0 Å². The van der Waals surface area contributed by atoms with Crippen LogP contribution >= 0.6 is 0 Å². The van der Waals surface area contributed by atoms with E-state index in [-0.39, 0.29) is 17.8 Å². The zero-order chi connectivity index (χ0) is 18.5. The predicted octanol–water partition coefficient (Wildman–Crippen LogP) is 1.12. The number of aromatic nitrogens is 6. The van der Waals surface area contributed by atoms with Gasteiger partial charge < -0.3 is 4.57 Å². The normalized spacial score (nSPS) is 11.9. The summed E-state index contributed by atoms with van der Waals surface area (Å²) in [4.78, 5) is 29.9. The van der Waals surface area contributed by atoms with Gasteiger partial charge in [-0.15, -0.1) is 0 Å². The van der Waals surface area contributed by atoms with Crippen LogP contribution in [0.4, 0.5) is 0 Å². The average Bonchev–Trinajstić information content (AvgIpc) is 3.05. The number of hydrogen-bond acceptors (Lipinski definition) is 4. The largest absolute Gasteiger partial charge is 0.332 e. The van der Waals surface area contributed by atoms with Gasteiger partial charge in [0, 0.05) is 26.3 Å². The standard InChI is InChI=1S/C17H22N6O2/c1-7-8-9-22-15(24)13-14(21(6)17(22)25)18-16(20(13)5)23-12(4)10(2)11(3)19-23/h7-8H,9H2,1-6H3/b8-7+. The van der Waals surface area contributed by atoms with Crippen LogP contribution in [0.2, 0.25) is 0 Å². The van der Waals surface area contributed by atoms with Crippen molar-refractivity contribution in [2.75, 3.05) is 0 Å². The average molecular weight is 342 g/mol. The molecule has 0 aliphatic rings. The highest BCUT2D eigenvalue weighted by Gasteiger charge is 2.21. The van der Waals surface area contributed by atoms with E-state index in [0.717, 1.165) is 17.0 Å². The fourth-order valence-electron chi connectivity index (χ4n) is 2.91. The Morgan fingerprint density at radius 3 is 2.32 bits per heavy atom. The summed E-state index contributed by atoms with van der Waals surface area (Å²) in [6.45, 7) is 7.97. The summed E-state index contributed by atoms with van der Waals surface area (Å²) in [6, 6.07) is 0. The monoisotopic (exact) mass is 342 g/mol. The van der Waals surface area contributed by atoms with Crippen molar-refractivity contribution in [3.05, 3.63) is 49.9 Å². The summed E-state index contributed by atoms with van der Waals surface area (Å²) >= 11 is 0. The Morgan fingerprint density at radius 2 is 1.76 bits per heavy atom. The van der Waals surface area contributed by atoms with Crippen LogP contribution in [-0.4, -0.2) is 28.5 Å². The van der Waals surface area contributed by atoms with Crippen LogP contribution < -0.4 is 11.2 Å². The van der Waals surface area contributed by atoms with E-state index < -0.39 is 0 Å². The lowest BCUT2D eigenvalue weighted by Crippen LogP contribution is -2.39. The van der Waals surface area contributed by atoms with E-state index in [1.54, 1.807) is 29.4 Å². The number of nitrogens with zero attached hydrogens (tertiary/aromatic N) is 6. The molecule has 0 N–H and O–H groups in total. The number of imidazole rings is 1. The van der Waals surface area contributed by atoms with Crippen LogP contribution in [0.1, 0.15) is 23.9 Å². The Morgan fingerprint density at radius 1 is 1.08 bits per heavy atom. The molecule has 8 nitrogen and oxygen atoms in total. The van der Waals surface area contributed by atoms with Crippen LogP contribution in [-0.2, 0) is 20.6 Å². The van der Waals surface area contributed by atoms with Gasteiger partial charge in [0.1, 0.15) is 0 Å². The van der Waals surface area contributed by atoms with Crippen molar-refractivity contribution in [1.82, 2.24) is 28.5 Å². The summed E-state index contributed by atoms with van der Waals surface area (Å²) in [5.74, 6) is 0.514. The smallest absolute Gasteiger partial charge is 0.306 e. The van der Waals surface area contributed by atoms with Gasteiger partial charge >= 0.3 is 5.69 Å². The van der Waals surface area contributed by atoms with Crippen molar-refractivity contribution in [3.8, 4) is 5.95 Å². The van der Waals surface area contributed by atoms with Crippen molar-refractivity contribution >= 4 is 11.2 Å². The molecule has 0 bridgehead atoms. The Bertz CT molecular complexity index is 1120. The highest BCUT2D eigenvalue weighted by molar-refractivity contribution is 5.72. The third-order valence-electron chi connectivity index (χ3n) is 4.70. The highest BCUT2D eigenvalue weighted by Crippen LogP contribution is 2.18. The first-order chi connectivity index (χ1) is 11.8. The first-order valence-electron chi connectivity index (χ1n) is 8.10. The Labute approximate surface area is 144 Å². The molecule has 0 saturated carbocycles. The second kappa shape index (κ2) is 5.87. The van der Waals surface area contributed by atoms with Crippen LogP contribution in [0.25, 0.3) is 17.1 Å². The summed E-state index contributed by atoms with van der Waals surface area (Å²) in [6.07, 6.45) is 3.58. The van der Waals surface area contributed by atoms with E-state index in [2.05, 4.69) is 10.1 Å². The lowest BCUT2D eigenvalue weighted by molar-refractivity contribution is 0.664. The molecular weight excluding hydrogens is 320 g/mol. The van der Waals surface area contributed by atoms with Gasteiger partial charge in [-0.1, -0.05) is 12.2 Å². The van der Waals surface area contributed by atoms with Gasteiger partial charge in [0.25, 0.3) is 5.56 Å². The van der Waals surface area contributed by atoms with Gasteiger partial charge in [-0.3, -0.25) is 13.9 Å². The lowest BCUT2D eigenvalue weighted by atomic mass is 10.2. The summed E-state index contributed by atoms with van der Waals surface area (Å²) in [5, 5.41) is 4.52. The quantitative estimate of drug-likeness (QED) is 0.668. The first-order valence-corrected chi connectivity index (χ1v) is 8.10. The van der Waals surface area contributed by atoms with E-state index in [1.807, 2.05) is 33.8 Å². The van der Waals surface area contributed by atoms with Gasteiger partial charge in [-0.25, -0.2) is 9.48 Å². The lowest BCUT2D eigenvalue weighted by Gasteiger charge is -2.06. The molecule has 0 saturated heterocycles. The molecule has 0 aromatic carbocycles. The van der Waals surface area contributed by atoms with Gasteiger partial charge in [0.2, 0.25) is 5.95 Å². The minimum atomic E-state index is -0.384. The molecule has 0 aliphatic heterocycles. The molecular formula is C17H22N6O2. The van der Waals surface area contributed by atoms with Crippen LogP contribution in [0.5, 0.6) is 0 Å². The molecule has 0 unspecified atom stereocenters. The molecule has 8 heteroatoms. The van der Waals surface area contributed by atoms with Crippen molar-refractivity contribution in [2.45, 2.75) is 34.2 Å². The molecule has 3 rings (SSSR count). The van der Waals surface area contributed by atoms with Crippen molar-refractivity contribution < 1.29 is 0 Å². The third-order valence-corrected chi connectivity index (χ3v) is 4.70. The summed E-state index contributed by atoms with van der Waals surface area (Å²) in [7, 11) is 3.39. The maximum atomic E-state index is 12.9. The number of hydrogen-bond donors (Lipinski definition) is 0. The van der Waals surface area contributed by atoms with Crippen LogP contribution in [0.3, 0.4) is 0 Å². The third kappa shape index (κ3) is 2.36. The molecule has 3 aromatic heterocycles. The molecule has 0 fully saturated rings. The topological polar surface area (TPSA) is 79.6 Å². The number of allylic oxidation sites excluding steroid dienone is 2. The van der Waals surface area contributed by atoms with Crippen LogP contribution in [0.15, 0.2) is 21.7 Å². The van der Waals surface area contributed by atoms with Crippen LogP contribution in [0, 0.1) is 20.8 Å². The summed E-state index contributed by atoms with van der Waals surface area (Å²) < 4.78 is 6.02. The highest BCUT2D eigenvalue weighted by atomic mass is 16.2. The first kappa shape index (κ1) is 16.9. The molecule has 3 heterocycles. The minimum Gasteiger partial charge on any atom is -0.306 e. The molecule has 0 atom stereocenters. The number of fused-ring (bicyclic) bond motifs is 1. The predicted molar refractivity (Wildman–Crippen MR) is 96.4 cm³/mol. The Hall–Kier alpha value is -2.90. The van der Waals surface area contributed by atoms with Gasteiger partial charge in [-0.2, -0.15) is 10.1 Å². The zero-order valence-electron chi connectivity index (χ0n) is 15.4. The van der Waals surface area contributed by atoms with Gasteiger partial charge in [-0.05, 0) is 33.3 Å². The van der Waals surface area contributed by atoms with Crippen molar-refractivity contribution in [1.29, 1.82) is 0 Å². The Kier molecular flexibility index (Phi) is 3.98. The molecule has 25 heavy (non-hydrogen) atoms. The van der Waals surface area contributed by atoms with Gasteiger partial charge in [0.15, 0.2) is 11.2 Å². The maximum absolute atomic E-state index is 12.9. The second-order valence-electron chi connectivity index (χ2n) is 6.18. The minimum absolute atomic E-state index is 0.234. The number of aryl methyl sites for hydroxylation is 3. The second-order valence-corrected chi connectivity index (χ2v) is 6.18. The molecule has 132 valence electrons. The SMILES string of the molecule is C/C=C/Cn1c(=O)c2c(nc(-n3nc(C)c(C)c3C)n2C)n(C)c1=O. The molecule has 0 amide bonds. The molecule has 0 aliphatic carbocycles. The van der Waals surface area contributed by atoms with E-state index in [9.17, 15) is 9.59 Å². The fourth-order valence-corrected chi connectivity index (χ4v) is 2.91. The summed E-state index contributed by atoms with van der Waals surface area (Å²) in [5.41, 5.74) is 2.94.